The minimum absolute atomic E-state index is 0.0396. The number of fused-ring (bicyclic) bond motifs is 2. The third-order valence-corrected chi connectivity index (χ3v) is 5.08. The molecule has 24 heavy (non-hydrogen) atoms. The number of aliphatic carboxylic acids is 2. The van der Waals surface area contributed by atoms with Gasteiger partial charge in [0.2, 0.25) is 0 Å². The number of benzene rings is 1. The molecule has 4 N–H and O–H groups in total. The van der Waals surface area contributed by atoms with E-state index in [0.717, 1.165) is 20.4 Å². The number of nitrogens with zero attached hydrogens (tertiary/aromatic N) is 2. The number of hydrogen-bond donors (Lipinski definition) is 4. The first kappa shape index (κ1) is 16.4. The molecule has 0 aliphatic rings. The van der Waals surface area contributed by atoms with Crippen molar-refractivity contribution in [2.75, 3.05) is 23.7 Å². The minimum atomic E-state index is -0.851. The molecule has 126 valence electrons. The third kappa shape index (κ3) is 3.89. The van der Waals surface area contributed by atoms with Gasteiger partial charge >= 0.3 is 11.9 Å². The van der Waals surface area contributed by atoms with E-state index in [1.54, 1.807) is 0 Å². The van der Waals surface area contributed by atoms with Gasteiger partial charge in [0, 0.05) is 13.1 Å². The normalized spacial score (nSPS) is 11.0. The average Bonchev–Trinajstić information content (AvgIpc) is 3.05. The summed E-state index contributed by atoms with van der Waals surface area (Å²) in [6.45, 7) is 0.666. The number of carboxylic acid groups (broad SMARTS) is 2. The number of anilines is 2. The second-order valence-corrected chi connectivity index (χ2v) is 7.03. The zero-order valence-corrected chi connectivity index (χ0v) is 14.0. The molecule has 0 aliphatic heterocycles. The van der Waals surface area contributed by atoms with Gasteiger partial charge in [-0.05, 0) is 12.1 Å². The van der Waals surface area contributed by atoms with Crippen LogP contribution in [0, 0.1) is 0 Å². The second kappa shape index (κ2) is 6.97. The standard InChI is InChI=1S/C14H14N4O4S2/c19-11(20)1-3-15-13-17-7-5-8-10(6-9(7)23-13)24-14(18-8)16-4-2-12(21)22/h5-6H,1-4H2,(H,15,17)(H,16,18)(H,19,20)(H,21,22). The number of carbonyl (C=O) groups is 2. The molecule has 0 atom stereocenters. The Labute approximate surface area is 144 Å². The molecule has 10 heteroatoms. The van der Waals surface area contributed by atoms with Crippen LogP contribution in [0.2, 0.25) is 0 Å². The van der Waals surface area contributed by atoms with E-state index in [-0.39, 0.29) is 12.8 Å². The van der Waals surface area contributed by atoms with E-state index in [4.69, 9.17) is 10.2 Å². The molecule has 0 saturated heterocycles. The van der Waals surface area contributed by atoms with Gasteiger partial charge in [-0.25, -0.2) is 9.97 Å². The zero-order valence-electron chi connectivity index (χ0n) is 12.4. The lowest BCUT2D eigenvalue weighted by molar-refractivity contribution is -0.137. The molecule has 0 fully saturated rings. The van der Waals surface area contributed by atoms with Gasteiger partial charge in [-0.2, -0.15) is 0 Å². The molecule has 2 aromatic heterocycles. The Morgan fingerprint density at radius 1 is 0.875 bits per heavy atom. The number of rotatable bonds is 8. The number of carboxylic acids is 2. The first-order valence-corrected chi connectivity index (χ1v) is 8.77. The second-order valence-electron chi connectivity index (χ2n) is 4.97. The maximum Gasteiger partial charge on any atom is 0.305 e. The number of nitrogens with one attached hydrogen (secondary N) is 2. The predicted octanol–water partition coefficient (Wildman–Crippen LogP) is 2.68. The Balaban J connectivity index is 1.74. The van der Waals surface area contributed by atoms with Crippen molar-refractivity contribution >= 4 is 65.3 Å². The molecule has 0 saturated carbocycles. The average molecular weight is 366 g/mol. The maximum atomic E-state index is 10.5. The van der Waals surface area contributed by atoms with Gasteiger partial charge < -0.3 is 20.8 Å². The molecule has 0 unspecified atom stereocenters. The summed E-state index contributed by atoms with van der Waals surface area (Å²) in [6, 6.07) is 3.87. The van der Waals surface area contributed by atoms with Crippen molar-refractivity contribution in [3.63, 3.8) is 0 Å². The summed E-state index contributed by atoms with van der Waals surface area (Å²) in [4.78, 5) is 29.9. The van der Waals surface area contributed by atoms with Crippen molar-refractivity contribution in [1.29, 1.82) is 0 Å². The van der Waals surface area contributed by atoms with E-state index >= 15 is 0 Å². The minimum Gasteiger partial charge on any atom is -0.481 e. The molecule has 2 heterocycles. The van der Waals surface area contributed by atoms with Gasteiger partial charge in [-0.15, -0.1) is 0 Å². The monoisotopic (exact) mass is 366 g/mol. The first-order valence-electron chi connectivity index (χ1n) is 7.14. The fraction of sp³-hybridized carbons (Fsp3) is 0.286. The molecule has 1 aromatic carbocycles. The highest BCUT2D eigenvalue weighted by molar-refractivity contribution is 7.24. The summed E-state index contributed by atoms with van der Waals surface area (Å²) >= 11 is 2.92. The maximum absolute atomic E-state index is 10.5. The van der Waals surface area contributed by atoms with Gasteiger partial charge in [0.05, 0.1) is 33.3 Å². The molecular formula is C14H14N4O4S2. The van der Waals surface area contributed by atoms with Crippen LogP contribution in [-0.4, -0.2) is 45.2 Å². The molecule has 0 bridgehead atoms. The van der Waals surface area contributed by atoms with Crippen LogP contribution in [0.3, 0.4) is 0 Å². The summed E-state index contributed by atoms with van der Waals surface area (Å²) in [5.41, 5.74) is 1.60. The van der Waals surface area contributed by atoms with Crippen molar-refractivity contribution in [3.8, 4) is 0 Å². The molecule has 3 rings (SSSR count). The fourth-order valence-corrected chi connectivity index (χ4v) is 3.95. The van der Waals surface area contributed by atoms with Crippen molar-refractivity contribution in [2.45, 2.75) is 12.8 Å². The molecule has 0 aliphatic carbocycles. The lowest BCUT2D eigenvalue weighted by atomic mass is 10.3. The van der Waals surface area contributed by atoms with Crippen LogP contribution < -0.4 is 10.6 Å². The predicted molar refractivity (Wildman–Crippen MR) is 94.3 cm³/mol. The van der Waals surface area contributed by atoms with Crippen LogP contribution in [-0.2, 0) is 9.59 Å². The van der Waals surface area contributed by atoms with Crippen molar-refractivity contribution in [3.05, 3.63) is 12.1 Å². The van der Waals surface area contributed by atoms with Crippen molar-refractivity contribution < 1.29 is 19.8 Å². The number of aromatic nitrogens is 2. The lowest BCUT2D eigenvalue weighted by Crippen LogP contribution is -2.07. The quantitative estimate of drug-likeness (QED) is 0.480. The van der Waals surface area contributed by atoms with E-state index in [0.29, 0.717) is 23.4 Å². The summed E-state index contributed by atoms with van der Waals surface area (Å²) in [6.07, 6.45) is 0.0793. The van der Waals surface area contributed by atoms with E-state index in [2.05, 4.69) is 20.6 Å². The summed E-state index contributed by atoms with van der Waals surface area (Å²) < 4.78 is 1.97. The van der Waals surface area contributed by atoms with E-state index in [9.17, 15) is 9.59 Å². The molecule has 8 nitrogen and oxygen atoms in total. The van der Waals surface area contributed by atoms with Crippen LogP contribution in [0.4, 0.5) is 10.3 Å². The smallest absolute Gasteiger partial charge is 0.305 e. The number of thiazole rings is 2. The first-order chi connectivity index (χ1) is 11.5. The largest absolute Gasteiger partial charge is 0.481 e. The van der Waals surface area contributed by atoms with E-state index in [1.165, 1.54) is 22.7 Å². The number of hydrogen-bond acceptors (Lipinski definition) is 8. The third-order valence-electron chi connectivity index (χ3n) is 3.13. The van der Waals surface area contributed by atoms with Crippen LogP contribution in [0.15, 0.2) is 12.1 Å². The van der Waals surface area contributed by atoms with Gasteiger partial charge in [-0.3, -0.25) is 9.59 Å². The van der Waals surface area contributed by atoms with Crippen molar-refractivity contribution in [1.82, 2.24) is 9.97 Å². The lowest BCUT2D eigenvalue weighted by Gasteiger charge is -1.97. The Morgan fingerprint density at radius 2 is 1.33 bits per heavy atom. The van der Waals surface area contributed by atoms with Gasteiger partial charge in [0.15, 0.2) is 10.3 Å². The van der Waals surface area contributed by atoms with Crippen LogP contribution in [0.25, 0.3) is 20.4 Å². The Kier molecular flexibility index (Phi) is 4.76. The topological polar surface area (TPSA) is 124 Å². The van der Waals surface area contributed by atoms with Gasteiger partial charge in [0.1, 0.15) is 0 Å². The van der Waals surface area contributed by atoms with Crippen LogP contribution in [0.5, 0.6) is 0 Å². The van der Waals surface area contributed by atoms with Gasteiger partial charge in [-0.1, -0.05) is 22.7 Å². The van der Waals surface area contributed by atoms with Gasteiger partial charge in [0.25, 0.3) is 0 Å². The van der Waals surface area contributed by atoms with E-state index in [1.807, 2.05) is 12.1 Å². The molecule has 0 spiro atoms. The highest BCUT2D eigenvalue weighted by Crippen LogP contribution is 2.33. The Bertz CT molecular complexity index is 784. The molecule has 3 aromatic rings. The zero-order chi connectivity index (χ0) is 17.1. The fourth-order valence-electron chi connectivity index (χ4n) is 2.05. The summed E-state index contributed by atoms with van der Waals surface area (Å²) in [7, 11) is 0. The summed E-state index contributed by atoms with van der Waals surface area (Å²) in [5.74, 6) is -1.70. The highest BCUT2D eigenvalue weighted by atomic mass is 32.1. The molecule has 0 amide bonds. The van der Waals surface area contributed by atoms with E-state index < -0.39 is 11.9 Å². The molecule has 0 radical (unpaired) electrons. The molecular weight excluding hydrogens is 352 g/mol. The van der Waals surface area contributed by atoms with Crippen LogP contribution >= 0.6 is 22.7 Å². The Hall–Kier alpha value is -2.46. The van der Waals surface area contributed by atoms with Crippen molar-refractivity contribution in [2.24, 2.45) is 0 Å². The SMILES string of the molecule is O=C(O)CCNc1nc2cc3nc(NCCC(=O)O)sc3cc2s1. The summed E-state index contributed by atoms with van der Waals surface area (Å²) in [5, 5.41) is 24.7. The van der Waals surface area contributed by atoms with Crippen LogP contribution in [0.1, 0.15) is 12.8 Å². The Morgan fingerprint density at radius 3 is 1.75 bits per heavy atom. The highest BCUT2D eigenvalue weighted by Gasteiger charge is 2.10.